The Morgan fingerprint density at radius 1 is 0.577 bits per heavy atom. The van der Waals surface area contributed by atoms with E-state index in [4.69, 9.17) is 19.3 Å². The van der Waals surface area contributed by atoms with Gasteiger partial charge >= 0.3 is 6.09 Å². The molecule has 7 nitrogen and oxygen atoms in total. The van der Waals surface area contributed by atoms with Gasteiger partial charge in [-0.2, -0.15) is 0 Å². The van der Waals surface area contributed by atoms with Crippen molar-refractivity contribution in [3.63, 3.8) is 0 Å². The van der Waals surface area contributed by atoms with Crippen molar-refractivity contribution in [3.05, 3.63) is 24.3 Å². The number of nitrogens with zero attached hydrogens (tertiary/aromatic N) is 1. The van der Waals surface area contributed by atoms with Gasteiger partial charge in [-0.15, -0.1) is 0 Å². The molecule has 52 heavy (non-hydrogen) atoms. The Balaban J connectivity index is 4.04. The minimum absolute atomic E-state index is 0.105. The molecule has 0 aromatic heterocycles. The summed E-state index contributed by atoms with van der Waals surface area (Å²) in [5.41, 5.74) is 0. The molecule has 0 radical (unpaired) electrons. The van der Waals surface area contributed by atoms with E-state index in [1.807, 2.05) is 11.9 Å². The minimum Gasteiger partial charge on any atom is -0.447 e. The van der Waals surface area contributed by atoms with Gasteiger partial charge < -0.3 is 29.5 Å². The molecule has 2 N–H and O–H groups in total. The molecule has 0 saturated carbocycles. The first-order valence-corrected chi connectivity index (χ1v) is 22.3. The third-order valence-corrected chi connectivity index (χ3v) is 9.76. The first kappa shape index (κ1) is 50.6. The SMILES string of the molecule is CCCCCCCCC=CCCCCCCCCOCC(COC(=O)NCCN(C)CCO)OCCCCCCCCC=CCCCCCCCC. The maximum absolute atomic E-state index is 12.3. The number of amides is 1. The lowest BCUT2D eigenvalue weighted by molar-refractivity contribution is -0.0468. The highest BCUT2D eigenvalue weighted by molar-refractivity contribution is 5.67. The number of aliphatic hydroxyl groups is 1. The van der Waals surface area contributed by atoms with Crippen LogP contribution in [0.15, 0.2) is 24.3 Å². The van der Waals surface area contributed by atoms with Crippen LogP contribution in [0.3, 0.4) is 0 Å². The fourth-order valence-electron chi connectivity index (χ4n) is 6.26. The van der Waals surface area contributed by atoms with Crippen LogP contribution in [0, 0.1) is 0 Å². The molecular formula is C45H88N2O5. The highest BCUT2D eigenvalue weighted by Gasteiger charge is 2.13. The largest absolute Gasteiger partial charge is 0.447 e. The van der Waals surface area contributed by atoms with E-state index < -0.39 is 6.09 Å². The molecule has 0 aromatic rings. The van der Waals surface area contributed by atoms with E-state index in [0.29, 0.717) is 32.8 Å². The molecule has 0 aliphatic carbocycles. The topological polar surface area (TPSA) is 80.3 Å². The normalized spacial score (nSPS) is 12.5. The first-order chi connectivity index (χ1) is 25.6. The number of alkyl carbamates (subject to hydrolysis) is 1. The van der Waals surface area contributed by atoms with Gasteiger partial charge in [-0.05, 0) is 71.3 Å². The highest BCUT2D eigenvalue weighted by atomic mass is 16.6. The second kappa shape index (κ2) is 44.0. The molecular weight excluding hydrogens is 649 g/mol. The zero-order chi connectivity index (χ0) is 37.8. The minimum atomic E-state index is -0.434. The lowest BCUT2D eigenvalue weighted by Gasteiger charge is -2.19. The van der Waals surface area contributed by atoms with Crippen molar-refractivity contribution in [2.24, 2.45) is 0 Å². The summed E-state index contributed by atoms with van der Waals surface area (Å²) in [6.07, 6.45) is 45.0. The van der Waals surface area contributed by atoms with E-state index in [1.54, 1.807) is 0 Å². The molecule has 1 atom stereocenters. The van der Waals surface area contributed by atoms with Crippen molar-refractivity contribution in [1.82, 2.24) is 10.2 Å². The number of carbonyl (C=O) groups is 1. The number of carbonyl (C=O) groups excluding carboxylic acids is 1. The molecule has 0 bridgehead atoms. The Morgan fingerprint density at radius 3 is 1.46 bits per heavy atom. The van der Waals surface area contributed by atoms with E-state index in [9.17, 15) is 4.79 Å². The number of ether oxygens (including phenoxy) is 3. The maximum Gasteiger partial charge on any atom is 0.407 e. The molecule has 0 aliphatic rings. The summed E-state index contributed by atoms with van der Waals surface area (Å²) < 4.78 is 17.6. The summed E-state index contributed by atoms with van der Waals surface area (Å²) in [5.74, 6) is 0. The number of nitrogens with one attached hydrogen (secondary N) is 1. The van der Waals surface area contributed by atoms with Crippen molar-refractivity contribution in [1.29, 1.82) is 0 Å². The van der Waals surface area contributed by atoms with E-state index in [2.05, 4.69) is 43.5 Å². The van der Waals surface area contributed by atoms with Gasteiger partial charge in [-0.1, -0.05) is 154 Å². The Bertz CT molecular complexity index is 762. The van der Waals surface area contributed by atoms with Crippen LogP contribution >= 0.6 is 0 Å². The van der Waals surface area contributed by atoms with Crippen molar-refractivity contribution in [2.75, 3.05) is 59.7 Å². The standard InChI is InChI=1S/C45H88N2O5/c1-4-6-8-10-12-14-16-18-20-22-24-26-28-30-32-34-40-50-42-44(43-52-45(49)46-36-37-47(3)38-39-48)51-41-35-33-31-29-27-25-23-21-19-17-15-13-11-9-7-5-2/h18-21,44,48H,4-17,22-43H2,1-3H3,(H,46,49). The van der Waals surface area contributed by atoms with Crippen molar-refractivity contribution < 1.29 is 24.1 Å². The molecule has 1 amide bonds. The van der Waals surface area contributed by atoms with Gasteiger partial charge in [-0.3, -0.25) is 0 Å². The van der Waals surface area contributed by atoms with Gasteiger partial charge in [0.15, 0.2) is 0 Å². The number of unbranched alkanes of at least 4 members (excludes halogenated alkanes) is 24. The van der Waals surface area contributed by atoms with E-state index in [0.717, 1.165) is 19.4 Å². The second-order valence-electron chi connectivity index (χ2n) is 15.0. The Labute approximate surface area is 323 Å². The molecule has 0 saturated heterocycles. The number of hydrogen-bond acceptors (Lipinski definition) is 6. The summed E-state index contributed by atoms with van der Waals surface area (Å²) in [5, 5.41) is 11.8. The monoisotopic (exact) mass is 737 g/mol. The average Bonchev–Trinajstić information content (AvgIpc) is 3.14. The second-order valence-corrected chi connectivity index (χ2v) is 15.0. The Hall–Kier alpha value is -1.41. The molecule has 0 rings (SSSR count). The van der Waals surface area contributed by atoms with E-state index in [-0.39, 0.29) is 19.3 Å². The number of aliphatic hydroxyl groups excluding tert-OH is 1. The lowest BCUT2D eigenvalue weighted by atomic mass is 10.1. The predicted molar refractivity (Wildman–Crippen MR) is 223 cm³/mol. The molecule has 308 valence electrons. The third-order valence-electron chi connectivity index (χ3n) is 9.76. The first-order valence-electron chi connectivity index (χ1n) is 22.3. The molecule has 0 fully saturated rings. The molecule has 0 heterocycles. The smallest absolute Gasteiger partial charge is 0.407 e. The molecule has 0 aromatic carbocycles. The van der Waals surface area contributed by atoms with Gasteiger partial charge in [0.2, 0.25) is 0 Å². The van der Waals surface area contributed by atoms with Crippen LogP contribution in [-0.4, -0.2) is 81.9 Å². The fourth-order valence-corrected chi connectivity index (χ4v) is 6.26. The highest BCUT2D eigenvalue weighted by Crippen LogP contribution is 2.12. The summed E-state index contributed by atoms with van der Waals surface area (Å²) >= 11 is 0. The molecule has 1 unspecified atom stereocenters. The average molecular weight is 737 g/mol. The van der Waals surface area contributed by atoms with Crippen LogP contribution < -0.4 is 5.32 Å². The fraction of sp³-hybridized carbons (Fsp3) is 0.889. The Kier molecular flexibility index (Phi) is 42.8. The van der Waals surface area contributed by atoms with Gasteiger partial charge in [0, 0.05) is 32.8 Å². The zero-order valence-electron chi connectivity index (χ0n) is 34.9. The summed E-state index contributed by atoms with van der Waals surface area (Å²) in [7, 11) is 1.91. The Morgan fingerprint density at radius 2 is 1.00 bits per heavy atom. The van der Waals surface area contributed by atoms with Gasteiger partial charge in [0.25, 0.3) is 0 Å². The van der Waals surface area contributed by atoms with E-state index in [1.165, 1.54) is 167 Å². The number of allylic oxidation sites excluding steroid dienone is 4. The van der Waals surface area contributed by atoms with Crippen LogP contribution in [0.5, 0.6) is 0 Å². The lowest BCUT2D eigenvalue weighted by Crippen LogP contribution is -2.36. The van der Waals surface area contributed by atoms with Crippen molar-refractivity contribution >= 4 is 6.09 Å². The van der Waals surface area contributed by atoms with Gasteiger partial charge in [0.05, 0.1) is 13.2 Å². The van der Waals surface area contributed by atoms with Crippen LogP contribution in [0.4, 0.5) is 4.79 Å². The molecule has 7 heteroatoms. The van der Waals surface area contributed by atoms with Crippen molar-refractivity contribution in [2.45, 2.75) is 200 Å². The number of hydrogen-bond donors (Lipinski definition) is 2. The van der Waals surface area contributed by atoms with E-state index >= 15 is 0 Å². The summed E-state index contributed by atoms with van der Waals surface area (Å²) in [6.45, 7) is 8.40. The summed E-state index contributed by atoms with van der Waals surface area (Å²) in [6, 6.07) is 0. The number of rotatable bonds is 42. The predicted octanol–water partition coefficient (Wildman–Crippen LogP) is 12.1. The van der Waals surface area contributed by atoms with Gasteiger partial charge in [0.1, 0.15) is 12.7 Å². The zero-order valence-corrected chi connectivity index (χ0v) is 34.9. The van der Waals surface area contributed by atoms with Gasteiger partial charge in [-0.25, -0.2) is 4.79 Å². The quantitative estimate of drug-likeness (QED) is 0.0480. The maximum atomic E-state index is 12.3. The van der Waals surface area contributed by atoms with Crippen molar-refractivity contribution in [3.8, 4) is 0 Å². The van der Waals surface area contributed by atoms with Crippen LogP contribution in [0.1, 0.15) is 194 Å². The van der Waals surface area contributed by atoms with Crippen LogP contribution in [0.2, 0.25) is 0 Å². The molecule has 0 spiro atoms. The number of likely N-dealkylation sites (N-methyl/N-ethyl adjacent to an activating group) is 1. The third kappa shape index (κ3) is 41.3. The summed E-state index contributed by atoms with van der Waals surface area (Å²) in [4.78, 5) is 14.2. The molecule has 0 aliphatic heterocycles. The van der Waals surface area contributed by atoms with Crippen LogP contribution in [0.25, 0.3) is 0 Å². The van der Waals surface area contributed by atoms with Crippen LogP contribution in [-0.2, 0) is 14.2 Å².